The molecule has 0 aliphatic rings. The lowest BCUT2D eigenvalue weighted by atomic mass is 9.94. The maximum Gasteiger partial charge on any atom is 0.164 e. The standard InChI is InChI=1S/2C41H23N3O2.C39H23N3O/c1-2-12-25(13-3-1)39-42-40(30-17-10-20-34-36(30)28-15-6-8-18-32(28)45-34)44-41(43-39)31-23-35-38(29-16-7-9-19-33(29)46-35)37-26-14-5-4-11-24(26)21-22-27(31)37;1-2-10-26(11-3-1)39-42-40(44-41(43-39)30-14-8-16-34-37(30)29-13-6-7-15-32(29)45-34)27-20-21-33-31(23-27)38-35(46-33)22-19-25-18-17-24-9-4-5-12-28(24)36(25)38;1-2-12-26(13-3-1)37-40-38(28-19-18-24-10-4-5-14-27(24)22-28)42-39(41-37)32-23-34-36(31-16-8-9-17-33(31)43-34)35-29-15-7-6-11-25(29)20-21-30(32)35/h2*1-23H;1-23H. The average Bonchev–Trinajstić information content (AvgIpc) is 1.69. The topological polar surface area (TPSA) is 182 Å². The SMILES string of the molecule is c1ccc(-c2nc(-c3cc4oc5ccccc5c4c4c3ccc3ccccc34)nc(-c3cccc4oc5ccccc5c34)n2)cc1.c1ccc(-c2nc(-c3ccc4ccccc4c3)nc(-c3cc4oc5ccccc5c4c4c3ccc3ccccc34)n2)cc1.c1ccc(-c2nc(-c3ccc4oc5ccc6ccc7ccccc7c6c5c4c3)nc(-c3cccc4oc5ccccc5c34)n2)cc1. The first-order valence-electron chi connectivity index (χ1n) is 44.9. The quantitative estimate of drug-likeness (QED) is 0.124. The number of hydrogen-bond acceptors (Lipinski definition) is 14. The van der Waals surface area contributed by atoms with Crippen molar-refractivity contribution in [2.45, 2.75) is 0 Å². The molecule has 0 N–H and O–H groups in total. The smallest absolute Gasteiger partial charge is 0.164 e. The number of aromatic nitrogens is 9. The van der Waals surface area contributed by atoms with E-state index in [1.54, 1.807) is 0 Å². The molecule has 0 radical (unpaired) electrons. The van der Waals surface area contributed by atoms with E-state index in [2.05, 4.69) is 231 Å². The lowest BCUT2D eigenvalue weighted by Gasteiger charge is -2.13. The first-order chi connectivity index (χ1) is 66.9. The Kier molecular flexibility index (Phi) is 17.6. The monoisotopic (exact) mass is 1730 g/mol. The first-order valence-corrected chi connectivity index (χ1v) is 44.9. The second kappa shape index (κ2) is 31.1. The molecule has 0 amide bonds. The summed E-state index contributed by atoms with van der Waals surface area (Å²) in [6.45, 7) is 0. The predicted octanol–water partition coefficient (Wildman–Crippen LogP) is 32.2. The molecule has 135 heavy (non-hydrogen) atoms. The predicted molar refractivity (Wildman–Crippen MR) is 547 cm³/mol. The van der Waals surface area contributed by atoms with E-state index in [9.17, 15) is 0 Å². The van der Waals surface area contributed by atoms with Gasteiger partial charge in [-0.25, -0.2) is 44.9 Å². The Bertz CT molecular complexity index is 9940. The van der Waals surface area contributed by atoms with Crippen molar-refractivity contribution >= 4 is 185 Å². The fourth-order valence-electron chi connectivity index (χ4n) is 19.9. The van der Waals surface area contributed by atoms with E-state index in [1.807, 2.05) is 188 Å². The van der Waals surface area contributed by atoms with Crippen LogP contribution < -0.4 is 0 Å². The molecule has 14 heteroatoms. The van der Waals surface area contributed by atoms with Crippen LogP contribution in [0.4, 0.5) is 0 Å². The molecule has 8 aromatic heterocycles. The van der Waals surface area contributed by atoms with Crippen LogP contribution in [0.1, 0.15) is 0 Å². The van der Waals surface area contributed by atoms with Gasteiger partial charge in [-0.2, -0.15) is 0 Å². The third kappa shape index (κ3) is 12.9. The first kappa shape index (κ1) is 76.5. The van der Waals surface area contributed by atoms with Gasteiger partial charge in [-0.3, -0.25) is 0 Å². The van der Waals surface area contributed by atoms with Crippen LogP contribution in [-0.4, -0.2) is 44.9 Å². The molecule has 0 unspecified atom stereocenters. The molecule has 14 nitrogen and oxygen atoms in total. The van der Waals surface area contributed by atoms with Crippen molar-refractivity contribution in [1.82, 2.24) is 44.9 Å². The summed E-state index contributed by atoms with van der Waals surface area (Å²) in [5.41, 5.74) is 16.5. The second-order valence-corrected chi connectivity index (χ2v) is 34.0. The minimum absolute atomic E-state index is 0.580. The summed E-state index contributed by atoms with van der Waals surface area (Å²) >= 11 is 0. The molecule has 21 aromatic carbocycles. The number of furan rings is 5. The van der Waals surface area contributed by atoms with Gasteiger partial charge >= 0.3 is 0 Å². The van der Waals surface area contributed by atoms with Gasteiger partial charge in [-0.15, -0.1) is 0 Å². The van der Waals surface area contributed by atoms with Gasteiger partial charge in [0.25, 0.3) is 0 Å². The summed E-state index contributed by atoms with van der Waals surface area (Å²) in [7, 11) is 0. The summed E-state index contributed by atoms with van der Waals surface area (Å²) in [5, 5.41) is 26.7. The Balaban J connectivity index is 0.000000103. The molecule has 29 rings (SSSR count). The van der Waals surface area contributed by atoms with Gasteiger partial charge in [0.05, 0.1) is 0 Å². The molecule has 0 saturated heterocycles. The van der Waals surface area contributed by atoms with Crippen molar-refractivity contribution < 1.29 is 22.1 Å². The number of fused-ring (bicyclic) bond motifs is 28. The molecule has 8 heterocycles. The third-order valence-electron chi connectivity index (χ3n) is 26.1. The second-order valence-electron chi connectivity index (χ2n) is 34.0. The van der Waals surface area contributed by atoms with Crippen molar-refractivity contribution in [3.8, 4) is 102 Å². The summed E-state index contributed by atoms with van der Waals surface area (Å²) in [5.74, 6) is 5.43. The van der Waals surface area contributed by atoms with Gasteiger partial charge in [0.1, 0.15) is 55.8 Å². The highest BCUT2D eigenvalue weighted by Crippen LogP contribution is 2.49. The van der Waals surface area contributed by atoms with Crippen LogP contribution in [0.5, 0.6) is 0 Å². The number of para-hydroxylation sites is 4. The minimum Gasteiger partial charge on any atom is -0.456 e. The largest absolute Gasteiger partial charge is 0.456 e. The van der Waals surface area contributed by atoms with E-state index in [1.165, 1.54) is 43.1 Å². The van der Waals surface area contributed by atoms with E-state index in [0.29, 0.717) is 52.4 Å². The summed E-state index contributed by atoms with van der Waals surface area (Å²) in [6, 6.07) is 143. The van der Waals surface area contributed by atoms with Crippen LogP contribution >= 0.6 is 0 Å². The maximum absolute atomic E-state index is 6.51. The Morgan fingerprint density at radius 1 is 0.119 bits per heavy atom. The number of rotatable bonds is 9. The van der Waals surface area contributed by atoms with Gasteiger partial charge in [-0.05, 0) is 138 Å². The van der Waals surface area contributed by atoms with Crippen LogP contribution in [0.25, 0.3) is 288 Å². The van der Waals surface area contributed by atoms with Crippen molar-refractivity contribution in [3.63, 3.8) is 0 Å². The zero-order valence-electron chi connectivity index (χ0n) is 71.9. The molecule has 0 saturated carbocycles. The summed E-state index contributed by atoms with van der Waals surface area (Å²) < 4.78 is 31.8. The van der Waals surface area contributed by atoms with Crippen molar-refractivity contribution in [2.24, 2.45) is 0 Å². The summed E-state index contributed by atoms with van der Waals surface area (Å²) in [6.07, 6.45) is 0. The highest BCUT2D eigenvalue weighted by Gasteiger charge is 2.27. The van der Waals surface area contributed by atoms with E-state index < -0.39 is 0 Å². The molecule has 0 fully saturated rings. The van der Waals surface area contributed by atoms with E-state index >= 15 is 0 Å². The normalized spacial score (nSPS) is 11.9. The average molecular weight is 1730 g/mol. The highest BCUT2D eigenvalue weighted by molar-refractivity contribution is 6.32. The minimum atomic E-state index is 0.580. The van der Waals surface area contributed by atoms with E-state index in [-0.39, 0.29) is 0 Å². The molecule has 29 aromatic rings. The molecule has 0 atom stereocenters. The number of nitrogens with zero attached hydrogens (tertiary/aromatic N) is 9. The van der Waals surface area contributed by atoms with Gasteiger partial charge in [0, 0.05) is 120 Å². The number of benzene rings is 21. The Morgan fingerprint density at radius 2 is 0.400 bits per heavy atom. The lowest BCUT2D eigenvalue weighted by molar-refractivity contribution is 0.668. The van der Waals surface area contributed by atoms with Gasteiger partial charge in [-0.1, -0.05) is 340 Å². The Morgan fingerprint density at radius 3 is 0.859 bits per heavy atom. The zero-order chi connectivity index (χ0) is 88.7. The molecular weight excluding hydrogens is 1660 g/mol. The fraction of sp³-hybridized carbons (Fsp3) is 0. The van der Waals surface area contributed by atoms with Crippen molar-refractivity contribution in [2.75, 3.05) is 0 Å². The fourth-order valence-corrected chi connectivity index (χ4v) is 19.9. The van der Waals surface area contributed by atoms with Crippen molar-refractivity contribution in [1.29, 1.82) is 0 Å². The third-order valence-corrected chi connectivity index (χ3v) is 26.1. The maximum atomic E-state index is 6.51. The van der Waals surface area contributed by atoms with Gasteiger partial charge in [0.15, 0.2) is 52.4 Å². The van der Waals surface area contributed by atoms with Gasteiger partial charge in [0.2, 0.25) is 0 Å². The molecule has 0 aliphatic heterocycles. The molecular formula is C121H69N9O5. The number of hydrogen-bond donors (Lipinski definition) is 0. The zero-order valence-corrected chi connectivity index (χ0v) is 71.9. The van der Waals surface area contributed by atoms with Crippen LogP contribution in [0.3, 0.4) is 0 Å². The molecule has 0 bridgehead atoms. The molecule has 628 valence electrons. The Hall–Kier alpha value is -18.5. The molecule has 0 spiro atoms. The summed E-state index contributed by atoms with van der Waals surface area (Å²) in [4.78, 5) is 45.8. The van der Waals surface area contributed by atoms with E-state index in [0.717, 1.165) is 192 Å². The molecule has 0 aliphatic carbocycles. The van der Waals surface area contributed by atoms with Crippen LogP contribution in [0, 0.1) is 0 Å². The van der Waals surface area contributed by atoms with Gasteiger partial charge < -0.3 is 22.1 Å². The highest BCUT2D eigenvalue weighted by atomic mass is 16.3. The van der Waals surface area contributed by atoms with Crippen molar-refractivity contribution in [3.05, 3.63) is 419 Å². The lowest BCUT2D eigenvalue weighted by Crippen LogP contribution is -2.01. The van der Waals surface area contributed by atoms with Crippen LogP contribution in [0.2, 0.25) is 0 Å². The Labute approximate surface area is 768 Å². The van der Waals surface area contributed by atoms with E-state index in [4.69, 9.17) is 66.9 Å². The van der Waals surface area contributed by atoms with Crippen LogP contribution in [0.15, 0.2) is 441 Å². The van der Waals surface area contributed by atoms with Crippen LogP contribution in [-0.2, 0) is 0 Å².